The molecule has 2 aromatic rings. The van der Waals surface area contributed by atoms with E-state index in [0.717, 1.165) is 22.4 Å². The first-order valence-corrected chi connectivity index (χ1v) is 6.21. The summed E-state index contributed by atoms with van der Waals surface area (Å²) in [5.74, 6) is -0.259. The van der Waals surface area contributed by atoms with Gasteiger partial charge in [-0.3, -0.25) is 0 Å². The highest BCUT2D eigenvalue weighted by atomic mass is 16.5. The molecule has 0 bridgehead atoms. The van der Waals surface area contributed by atoms with Crippen LogP contribution in [0.4, 0.5) is 0 Å². The Hall–Kier alpha value is -2.29. The van der Waals surface area contributed by atoms with E-state index >= 15 is 0 Å². The Morgan fingerprint density at radius 1 is 1.11 bits per heavy atom. The molecular weight excluding hydrogens is 240 g/mol. The maximum Gasteiger partial charge on any atom is 0.119 e. The Balaban J connectivity index is 2.30. The molecule has 0 heterocycles. The summed E-state index contributed by atoms with van der Waals surface area (Å²) in [4.78, 5) is 10.6. The number of rotatable bonds is 5. The van der Waals surface area contributed by atoms with Crippen LogP contribution >= 0.6 is 0 Å². The minimum absolute atomic E-state index is 0.0704. The third kappa shape index (κ3) is 3.58. The number of carboxylic acid groups (broad SMARTS) is 1. The third-order valence-electron chi connectivity index (χ3n) is 2.75. The minimum atomic E-state index is -1.07. The lowest BCUT2D eigenvalue weighted by Crippen LogP contribution is -2.24. The summed E-state index contributed by atoms with van der Waals surface area (Å²) in [6, 6.07) is 15.2. The van der Waals surface area contributed by atoms with Gasteiger partial charge in [-0.1, -0.05) is 36.4 Å². The molecule has 2 rings (SSSR count). The SMILES string of the molecule is CCOc1cccc(-c2cccc(CC(=O)[O-])c2)c1. The Morgan fingerprint density at radius 2 is 1.79 bits per heavy atom. The van der Waals surface area contributed by atoms with Crippen molar-refractivity contribution in [2.75, 3.05) is 6.61 Å². The summed E-state index contributed by atoms with van der Waals surface area (Å²) in [6.45, 7) is 2.56. The van der Waals surface area contributed by atoms with Crippen molar-refractivity contribution in [1.82, 2.24) is 0 Å². The van der Waals surface area contributed by atoms with Crippen LogP contribution < -0.4 is 9.84 Å². The molecule has 0 saturated carbocycles. The molecule has 0 radical (unpaired) electrons. The third-order valence-corrected chi connectivity index (χ3v) is 2.75. The Morgan fingerprint density at radius 3 is 2.47 bits per heavy atom. The highest BCUT2D eigenvalue weighted by Crippen LogP contribution is 2.24. The normalized spacial score (nSPS) is 10.2. The second kappa shape index (κ2) is 6.05. The number of aliphatic carboxylic acids is 1. The van der Waals surface area contributed by atoms with Crippen molar-refractivity contribution in [2.45, 2.75) is 13.3 Å². The van der Waals surface area contributed by atoms with Gasteiger partial charge < -0.3 is 14.6 Å². The van der Waals surface area contributed by atoms with E-state index in [0.29, 0.717) is 6.61 Å². The predicted molar refractivity (Wildman–Crippen MR) is 71.8 cm³/mol. The fraction of sp³-hybridized carbons (Fsp3) is 0.188. The van der Waals surface area contributed by atoms with Gasteiger partial charge in [0, 0.05) is 12.4 Å². The first-order valence-electron chi connectivity index (χ1n) is 6.21. The summed E-state index contributed by atoms with van der Waals surface area (Å²) < 4.78 is 5.46. The number of carbonyl (C=O) groups is 1. The van der Waals surface area contributed by atoms with Gasteiger partial charge in [0.05, 0.1) is 6.61 Å². The van der Waals surface area contributed by atoms with Crippen molar-refractivity contribution in [3.63, 3.8) is 0 Å². The smallest absolute Gasteiger partial charge is 0.119 e. The van der Waals surface area contributed by atoms with Crippen LogP contribution in [0.2, 0.25) is 0 Å². The standard InChI is InChI=1S/C16H16O3/c1-2-19-15-8-4-7-14(11-15)13-6-3-5-12(9-13)10-16(17)18/h3-9,11H,2,10H2,1H3,(H,17,18)/p-1. The molecular formula is C16H15O3-. The van der Waals surface area contributed by atoms with E-state index in [9.17, 15) is 9.90 Å². The van der Waals surface area contributed by atoms with Gasteiger partial charge in [0.15, 0.2) is 0 Å². The van der Waals surface area contributed by atoms with E-state index in [1.807, 2.05) is 49.4 Å². The predicted octanol–water partition coefficient (Wildman–Crippen LogP) is 2.04. The van der Waals surface area contributed by atoms with E-state index in [1.54, 1.807) is 6.07 Å². The zero-order chi connectivity index (χ0) is 13.7. The molecule has 0 saturated heterocycles. The van der Waals surface area contributed by atoms with E-state index < -0.39 is 5.97 Å². The van der Waals surface area contributed by atoms with Crippen LogP contribution in [0.5, 0.6) is 5.75 Å². The minimum Gasteiger partial charge on any atom is -0.550 e. The maximum absolute atomic E-state index is 10.6. The molecule has 0 spiro atoms. The first-order chi connectivity index (χ1) is 9.19. The molecule has 0 fully saturated rings. The zero-order valence-electron chi connectivity index (χ0n) is 10.8. The van der Waals surface area contributed by atoms with Crippen molar-refractivity contribution in [3.05, 3.63) is 54.1 Å². The highest BCUT2D eigenvalue weighted by molar-refractivity contribution is 5.71. The quantitative estimate of drug-likeness (QED) is 0.821. The Labute approximate surface area is 112 Å². The van der Waals surface area contributed by atoms with Gasteiger partial charge in [-0.25, -0.2) is 0 Å². The molecule has 3 nitrogen and oxygen atoms in total. The largest absolute Gasteiger partial charge is 0.550 e. The Bertz CT molecular complexity index is 576. The average molecular weight is 255 g/mol. The maximum atomic E-state index is 10.6. The summed E-state index contributed by atoms with van der Waals surface area (Å²) in [5.41, 5.74) is 2.71. The number of hydrogen-bond donors (Lipinski definition) is 0. The van der Waals surface area contributed by atoms with E-state index in [2.05, 4.69) is 0 Å². The van der Waals surface area contributed by atoms with Crippen LogP contribution in [0.25, 0.3) is 11.1 Å². The second-order valence-corrected chi connectivity index (χ2v) is 4.21. The van der Waals surface area contributed by atoms with Crippen molar-refractivity contribution >= 4 is 5.97 Å². The van der Waals surface area contributed by atoms with Gasteiger partial charge in [-0.15, -0.1) is 0 Å². The monoisotopic (exact) mass is 255 g/mol. The molecule has 2 aromatic carbocycles. The fourth-order valence-electron chi connectivity index (χ4n) is 1.96. The highest BCUT2D eigenvalue weighted by Gasteiger charge is 2.01. The summed E-state index contributed by atoms with van der Waals surface area (Å²) >= 11 is 0. The summed E-state index contributed by atoms with van der Waals surface area (Å²) in [7, 11) is 0. The van der Waals surface area contributed by atoms with Gasteiger partial charge in [0.25, 0.3) is 0 Å². The Kier molecular flexibility index (Phi) is 4.18. The summed E-state index contributed by atoms with van der Waals surface area (Å²) in [5, 5.41) is 10.6. The number of hydrogen-bond acceptors (Lipinski definition) is 3. The van der Waals surface area contributed by atoms with Gasteiger partial charge in [0.1, 0.15) is 5.75 Å². The lowest BCUT2D eigenvalue weighted by molar-refractivity contribution is -0.304. The number of carboxylic acids is 1. The van der Waals surface area contributed by atoms with Gasteiger partial charge in [-0.2, -0.15) is 0 Å². The molecule has 3 heteroatoms. The lowest BCUT2D eigenvalue weighted by atomic mass is 10.0. The second-order valence-electron chi connectivity index (χ2n) is 4.21. The fourth-order valence-corrected chi connectivity index (χ4v) is 1.96. The van der Waals surface area contributed by atoms with Crippen LogP contribution in [-0.4, -0.2) is 12.6 Å². The van der Waals surface area contributed by atoms with Gasteiger partial charge in [0.2, 0.25) is 0 Å². The van der Waals surface area contributed by atoms with Crippen LogP contribution in [0.1, 0.15) is 12.5 Å². The van der Waals surface area contributed by atoms with E-state index in [1.165, 1.54) is 0 Å². The van der Waals surface area contributed by atoms with E-state index in [-0.39, 0.29) is 6.42 Å². The molecule has 0 aliphatic heterocycles. The topological polar surface area (TPSA) is 49.4 Å². The molecule has 98 valence electrons. The molecule has 0 unspecified atom stereocenters. The molecule has 0 aliphatic rings. The van der Waals surface area contributed by atoms with Gasteiger partial charge in [-0.05, 0) is 35.7 Å². The molecule has 0 N–H and O–H groups in total. The van der Waals surface area contributed by atoms with Crippen molar-refractivity contribution in [2.24, 2.45) is 0 Å². The van der Waals surface area contributed by atoms with Crippen LogP contribution in [0, 0.1) is 0 Å². The van der Waals surface area contributed by atoms with Crippen molar-refractivity contribution in [1.29, 1.82) is 0 Å². The number of ether oxygens (including phenoxy) is 1. The average Bonchev–Trinajstić information content (AvgIpc) is 2.39. The first kappa shape index (κ1) is 13.1. The molecule has 0 aliphatic carbocycles. The van der Waals surface area contributed by atoms with E-state index in [4.69, 9.17) is 4.74 Å². The van der Waals surface area contributed by atoms with Crippen molar-refractivity contribution in [3.8, 4) is 16.9 Å². The molecule has 0 aromatic heterocycles. The molecule has 0 atom stereocenters. The van der Waals surface area contributed by atoms with Crippen LogP contribution in [-0.2, 0) is 11.2 Å². The van der Waals surface area contributed by atoms with Crippen LogP contribution in [0.15, 0.2) is 48.5 Å². The summed E-state index contributed by atoms with van der Waals surface area (Å²) in [6.07, 6.45) is -0.0704. The van der Waals surface area contributed by atoms with Gasteiger partial charge >= 0.3 is 0 Å². The molecule has 0 amide bonds. The van der Waals surface area contributed by atoms with Crippen LogP contribution in [0.3, 0.4) is 0 Å². The lowest BCUT2D eigenvalue weighted by Gasteiger charge is -2.08. The van der Waals surface area contributed by atoms with Crippen molar-refractivity contribution < 1.29 is 14.6 Å². The number of benzene rings is 2. The zero-order valence-corrected chi connectivity index (χ0v) is 10.8. The molecule has 19 heavy (non-hydrogen) atoms. The number of carbonyl (C=O) groups excluding carboxylic acids is 1.